The second-order valence-electron chi connectivity index (χ2n) is 5.25. The van der Waals surface area contributed by atoms with Gasteiger partial charge in [-0.1, -0.05) is 20.8 Å². The molecule has 0 aliphatic carbocycles. The van der Waals surface area contributed by atoms with Crippen molar-refractivity contribution < 1.29 is 4.79 Å². The molecule has 16 heavy (non-hydrogen) atoms. The van der Waals surface area contributed by atoms with Crippen molar-refractivity contribution in [2.24, 2.45) is 5.73 Å². The molecule has 0 aromatic carbocycles. The van der Waals surface area contributed by atoms with Crippen molar-refractivity contribution in [1.82, 2.24) is 4.90 Å². The SMILES string of the molecule is CCC(C)(N)C(=O)CN(C)C(C)(CC)CC. The van der Waals surface area contributed by atoms with Crippen molar-refractivity contribution in [2.75, 3.05) is 13.6 Å². The van der Waals surface area contributed by atoms with Crippen LogP contribution in [0.1, 0.15) is 53.9 Å². The van der Waals surface area contributed by atoms with Crippen LogP contribution in [-0.4, -0.2) is 35.4 Å². The van der Waals surface area contributed by atoms with Crippen LogP contribution < -0.4 is 5.73 Å². The van der Waals surface area contributed by atoms with Gasteiger partial charge in [0.2, 0.25) is 0 Å². The van der Waals surface area contributed by atoms with Crippen molar-refractivity contribution in [3.63, 3.8) is 0 Å². The zero-order valence-electron chi connectivity index (χ0n) is 11.8. The molecule has 0 aliphatic heterocycles. The van der Waals surface area contributed by atoms with Gasteiger partial charge in [-0.15, -0.1) is 0 Å². The van der Waals surface area contributed by atoms with Crippen molar-refractivity contribution in [2.45, 2.75) is 65.0 Å². The van der Waals surface area contributed by atoms with Crippen LogP contribution in [0.15, 0.2) is 0 Å². The summed E-state index contributed by atoms with van der Waals surface area (Å²) in [4.78, 5) is 14.2. The molecule has 0 aromatic rings. The lowest BCUT2D eigenvalue weighted by Gasteiger charge is -2.38. The molecule has 0 amide bonds. The van der Waals surface area contributed by atoms with E-state index in [2.05, 4.69) is 25.7 Å². The zero-order chi connectivity index (χ0) is 13.0. The molecule has 0 saturated heterocycles. The summed E-state index contributed by atoms with van der Waals surface area (Å²) >= 11 is 0. The van der Waals surface area contributed by atoms with Crippen LogP contribution in [0, 0.1) is 0 Å². The Kier molecular flexibility index (Phi) is 5.63. The second-order valence-corrected chi connectivity index (χ2v) is 5.25. The summed E-state index contributed by atoms with van der Waals surface area (Å²) in [6.45, 7) is 10.7. The molecular formula is C13H28N2O. The molecule has 0 saturated carbocycles. The predicted molar refractivity (Wildman–Crippen MR) is 69.5 cm³/mol. The Balaban J connectivity index is 4.57. The van der Waals surface area contributed by atoms with Crippen molar-refractivity contribution >= 4 is 5.78 Å². The number of carbonyl (C=O) groups excluding carboxylic acids is 1. The zero-order valence-corrected chi connectivity index (χ0v) is 11.8. The van der Waals surface area contributed by atoms with E-state index in [-0.39, 0.29) is 11.3 Å². The minimum absolute atomic E-state index is 0.0967. The van der Waals surface area contributed by atoms with Crippen LogP contribution in [0.2, 0.25) is 0 Å². The summed E-state index contributed by atoms with van der Waals surface area (Å²) in [5.74, 6) is 0.130. The number of hydrogen-bond acceptors (Lipinski definition) is 3. The van der Waals surface area contributed by atoms with Gasteiger partial charge in [0.15, 0.2) is 5.78 Å². The van der Waals surface area contributed by atoms with Gasteiger partial charge in [0, 0.05) is 5.54 Å². The molecule has 0 fully saturated rings. The molecule has 0 radical (unpaired) electrons. The molecule has 1 atom stereocenters. The maximum Gasteiger partial charge on any atom is 0.166 e. The fourth-order valence-corrected chi connectivity index (χ4v) is 1.57. The maximum absolute atomic E-state index is 12.0. The van der Waals surface area contributed by atoms with Crippen LogP contribution >= 0.6 is 0 Å². The molecule has 3 heteroatoms. The normalized spacial score (nSPS) is 16.2. The predicted octanol–water partition coefficient (Wildman–Crippen LogP) is 2.19. The average molecular weight is 228 g/mol. The van der Waals surface area contributed by atoms with Gasteiger partial charge >= 0.3 is 0 Å². The minimum Gasteiger partial charge on any atom is -0.319 e. The second kappa shape index (κ2) is 5.78. The largest absolute Gasteiger partial charge is 0.319 e. The standard InChI is InChI=1S/C13H28N2O/c1-7-12(4,8-2)15(6)10-11(16)13(5,14)9-3/h7-10,14H2,1-6H3. The van der Waals surface area contributed by atoms with E-state index in [0.717, 1.165) is 12.8 Å². The lowest BCUT2D eigenvalue weighted by Crippen LogP contribution is -2.53. The minimum atomic E-state index is -0.684. The number of rotatable bonds is 7. The highest BCUT2D eigenvalue weighted by molar-refractivity contribution is 5.89. The van der Waals surface area contributed by atoms with E-state index in [4.69, 9.17) is 5.73 Å². The number of likely N-dealkylation sites (N-methyl/N-ethyl adjacent to an activating group) is 1. The van der Waals surface area contributed by atoms with Gasteiger partial charge in [0.1, 0.15) is 0 Å². The summed E-state index contributed by atoms with van der Waals surface area (Å²) in [7, 11) is 2.01. The van der Waals surface area contributed by atoms with Gasteiger partial charge in [-0.05, 0) is 40.2 Å². The summed E-state index contributed by atoms with van der Waals surface area (Å²) in [6.07, 6.45) is 2.77. The Morgan fingerprint density at radius 1 is 1.12 bits per heavy atom. The highest BCUT2D eigenvalue weighted by Gasteiger charge is 2.31. The number of nitrogens with zero attached hydrogens (tertiary/aromatic N) is 1. The molecule has 1 unspecified atom stereocenters. The molecule has 0 bridgehead atoms. The Morgan fingerprint density at radius 3 is 1.88 bits per heavy atom. The summed E-state index contributed by atoms with van der Waals surface area (Å²) in [6, 6.07) is 0. The molecule has 0 aliphatic rings. The van der Waals surface area contributed by atoms with Crippen LogP contribution in [0.3, 0.4) is 0 Å². The molecule has 0 aromatic heterocycles. The highest BCUT2D eigenvalue weighted by Crippen LogP contribution is 2.22. The first-order chi connectivity index (χ1) is 7.23. The lowest BCUT2D eigenvalue weighted by atomic mass is 9.90. The quantitative estimate of drug-likeness (QED) is 0.726. The van der Waals surface area contributed by atoms with E-state index in [1.54, 1.807) is 0 Å². The Morgan fingerprint density at radius 2 is 1.56 bits per heavy atom. The molecular weight excluding hydrogens is 200 g/mol. The van der Waals surface area contributed by atoms with E-state index >= 15 is 0 Å². The third-order valence-electron chi connectivity index (χ3n) is 4.20. The third kappa shape index (κ3) is 3.56. The molecule has 0 rings (SSSR count). The summed E-state index contributed by atoms with van der Waals surface area (Å²) in [5, 5.41) is 0. The first-order valence-electron chi connectivity index (χ1n) is 6.27. The van der Waals surface area contributed by atoms with Crippen LogP contribution in [-0.2, 0) is 4.79 Å². The molecule has 3 nitrogen and oxygen atoms in total. The van der Waals surface area contributed by atoms with Crippen molar-refractivity contribution in [3.8, 4) is 0 Å². The molecule has 96 valence electrons. The highest BCUT2D eigenvalue weighted by atomic mass is 16.1. The van der Waals surface area contributed by atoms with E-state index in [9.17, 15) is 4.79 Å². The third-order valence-corrected chi connectivity index (χ3v) is 4.20. The number of carbonyl (C=O) groups is 1. The fraction of sp³-hybridized carbons (Fsp3) is 0.923. The van der Waals surface area contributed by atoms with Crippen LogP contribution in [0.4, 0.5) is 0 Å². The van der Waals surface area contributed by atoms with Crippen LogP contribution in [0.5, 0.6) is 0 Å². The van der Waals surface area contributed by atoms with E-state index in [1.807, 2.05) is 20.9 Å². The summed E-state index contributed by atoms with van der Waals surface area (Å²) in [5.41, 5.74) is 5.37. The number of ketones is 1. The van der Waals surface area contributed by atoms with Gasteiger partial charge in [-0.25, -0.2) is 0 Å². The number of hydrogen-bond donors (Lipinski definition) is 1. The molecule has 0 heterocycles. The Bertz CT molecular complexity index is 232. The Labute approximate surface area is 100 Å². The van der Waals surface area contributed by atoms with Gasteiger partial charge in [-0.2, -0.15) is 0 Å². The smallest absolute Gasteiger partial charge is 0.166 e. The Hall–Kier alpha value is -0.410. The first kappa shape index (κ1) is 15.6. The van der Waals surface area contributed by atoms with Crippen molar-refractivity contribution in [1.29, 1.82) is 0 Å². The monoisotopic (exact) mass is 228 g/mol. The average Bonchev–Trinajstić information content (AvgIpc) is 2.27. The van der Waals surface area contributed by atoms with Gasteiger partial charge < -0.3 is 5.73 Å². The topological polar surface area (TPSA) is 46.3 Å². The molecule has 0 spiro atoms. The van der Waals surface area contributed by atoms with Gasteiger partial charge in [-0.3, -0.25) is 9.69 Å². The van der Waals surface area contributed by atoms with E-state index in [0.29, 0.717) is 13.0 Å². The fourth-order valence-electron chi connectivity index (χ4n) is 1.57. The van der Waals surface area contributed by atoms with E-state index in [1.165, 1.54) is 0 Å². The lowest BCUT2D eigenvalue weighted by molar-refractivity contribution is -0.126. The van der Waals surface area contributed by atoms with Gasteiger partial charge in [0.05, 0.1) is 12.1 Å². The van der Waals surface area contributed by atoms with Gasteiger partial charge in [0.25, 0.3) is 0 Å². The first-order valence-corrected chi connectivity index (χ1v) is 6.27. The van der Waals surface area contributed by atoms with Crippen LogP contribution in [0.25, 0.3) is 0 Å². The van der Waals surface area contributed by atoms with Crippen molar-refractivity contribution in [3.05, 3.63) is 0 Å². The number of Topliss-reactive ketones (excluding diaryl/α,β-unsaturated/α-hetero) is 1. The maximum atomic E-state index is 12.0. The van der Waals surface area contributed by atoms with E-state index < -0.39 is 5.54 Å². The summed E-state index contributed by atoms with van der Waals surface area (Å²) < 4.78 is 0. The molecule has 2 N–H and O–H groups in total. The number of nitrogens with two attached hydrogens (primary N) is 1.